The van der Waals surface area contributed by atoms with Crippen molar-refractivity contribution in [2.75, 3.05) is 6.54 Å². The van der Waals surface area contributed by atoms with Crippen molar-refractivity contribution in [3.8, 4) is 5.75 Å². The highest BCUT2D eigenvalue weighted by Crippen LogP contribution is 2.17. The van der Waals surface area contributed by atoms with E-state index in [1.165, 1.54) is 0 Å². The zero-order valence-electron chi connectivity index (χ0n) is 13.3. The summed E-state index contributed by atoms with van der Waals surface area (Å²) < 4.78 is 5.73. The molecule has 0 bridgehead atoms. The number of nitrogens with one attached hydrogen (secondary N) is 1. The number of hydrogen-bond acceptors (Lipinski definition) is 3. The number of hydrogen-bond donors (Lipinski definition) is 2. The van der Waals surface area contributed by atoms with Crippen LogP contribution in [-0.2, 0) is 6.61 Å². The van der Waals surface area contributed by atoms with Crippen LogP contribution in [0.4, 0.5) is 0 Å². The van der Waals surface area contributed by atoms with Crippen molar-refractivity contribution >= 4 is 17.5 Å². The molecule has 1 amide bonds. The first-order valence-electron chi connectivity index (χ1n) is 7.39. The minimum Gasteiger partial charge on any atom is -0.489 e. The maximum Gasteiger partial charge on any atom is 0.251 e. The van der Waals surface area contributed by atoms with Gasteiger partial charge < -0.3 is 15.8 Å². The van der Waals surface area contributed by atoms with E-state index in [0.717, 1.165) is 5.56 Å². The Morgan fingerprint density at radius 1 is 1.22 bits per heavy atom. The molecule has 0 saturated carbocycles. The molecule has 0 aromatic heterocycles. The molecule has 0 spiro atoms. The summed E-state index contributed by atoms with van der Waals surface area (Å²) in [5.41, 5.74) is 6.74. The van der Waals surface area contributed by atoms with Gasteiger partial charge in [0.1, 0.15) is 12.4 Å². The normalized spacial score (nSPS) is 11.1. The van der Waals surface area contributed by atoms with Crippen molar-refractivity contribution in [3.63, 3.8) is 0 Å². The van der Waals surface area contributed by atoms with Crippen molar-refractivity contribution in [1.29, 1.82) is 0 Å². The first-order chi connectivity index (χ1) is 10.9. The fourth-order valence-electron chi connectivity index (χ4n) is 1.90. The van der Waals surface area contributed by atoms with Gasteiger partial charge in [-0.3, -0.25) is 4.79 Å². The standard InChI is InChI=1S/C18H21ClN2O2/c1-18(2,12-20)21-17(22)14-4-3-5-16(10-14)23-11-13-6-8-15(19)9-7-13/h3-10H,11-12,20H2,1-2H3,(H,21,22). The van der Waals surface area contributed by atoms with Crippen LogP contribution in [0.5, 0.6) is 5.75 Å². The third kappa shape index (κ3) is 5.27. The average molecular weight is 333 g/mol. The van der Waals surface area contributed by atoms with Crippen molar-refractivity contribution in [2.45, 2.75) is 26.0 Å². The van der Waals surface area contributed by atoms with E-state index in [-0.39, 0.29) is 5.91 Å². The zero-order valence-corrected chi connectivity index (χ0v) is 14.1. The molecule has 5 heteroatoms. The summed E-state index contributed by atoms with van der Waals surface area (Å²) in [5.74, 6) is 0.468. The van der Waals surface area contributed by atoms with Gasteiger partial charge in [0, 0.05) is 22.7 Å². The molecular weight excluding hydrogens is 312 g/mol. The summed E-state index contributed by atoms with van der Waals surface area (Å²) in [6, 6.07) is 14.5. The minimum atomic E-state index is -0.447. The largest absolute Gasteiger partial charge is 0.489 e. The number of amides is 1. The topological polar surface area (TPSA) is 64.3 Å². The van der Waals surface area contributed by atoms with E-state index in [9.17, 15) is 4.79 Å². The second-order valence-corrected chi connectivity index (χ2v) is 6.42. The maximum absolute atomic E-state index is 12.2. The van der Waals surface area contributed by atoms with E-state index < -0.39 is 5.54 Å². The molecule has 0 aliphatic carbocycles. The fraction of sp³-hybridized carbons (Fsp3) is 0.278. The van der Waals surface area contributed by atoms with Gasteiger partial charge in [0.15, 0.2) is 0 Å². The van der Waals surface area contributed by atoms with Crippen LogP contribution in [0, 0.1) is 0 Å². The van der Waals surface area contributed by atoms with E-state index in [0.29, 0.717) is 29.5 Å². The first-order valence-corrected chi connectivity index (χ1v) is 7.77. The van der Waals surface area contributed by atoms with E-state index >= 15 is 0 Å². The summed E-state index contributed by atoms with van der Waals surface area (Å²) >= 11 is 5.85. The molecule has 0 heterocycles. The Morgan fingerprint density at radius 2 is 1.91 bits per heavy atom. The Balaban J connectivity index is 2.02. The van der Waals surface area contributed by atoms with Crippen LogP contribution in [0.3, 0.4) is 0 Å². The molecule has 2 aromatic rings. The van der Waals surface area contributed by atoms with Crippen LogP contribution in [0.2, 0.25) is 5.02 Å². The van der Waals surface area contributed by atoms with Crippen molar-refractivity contribution < 1.29 is 9.53 Å². The number of carbonyl (C=O) groups excluding carboxylic acids is 1. The van der Waals surface area contributed by atoms with Gasteiger partial charge in [0.25, 0.3) is 5.91 Å². The van der Waals surface area contributed by atoms with Gasteiger partial charge in [0.05, 0.1) is 0 Å². The fourth-order valence-corrected chi connectivity index (χ4v) is 2.03. The molecule has 0 saturated heterocycles. The summed E-state index contributed by atoms with van der Waals surface area (Å²) in [6.45, 7) is 4.54. The third-order valence-electron chi connectivity index (χ3n) is 3.38. The van der Waals surface area contributed by atoms with Crippen LogP contribution in [0.1, 0.15) is 29.8 Å². The molecule has 23 heavy (non-hydrogen) atoms. The van der Waals surface area contributed by atoms with Crippen LogP contribution in [-0.4, -0.2) is 18.0 Å². The average Bonchev–Trinajstić information content (AvgIpc) is 2.54. The lowest BCUT2D eigenvalue weighted by Crippen LogP contribution is -2.48. The molecule has 4 nitrogen and oxygen atoms in total. The van der Waals surface area contributed by atoms with E-state index in [1.807, 2.05) is 44.2 Å². The molecule has 0 aliphatic heterocycles. The number of halogens is 1. The minimum absolute atomic E-state index is 0.169. The Kier molecular flexibility index (Phi) is 5.64. The van der Waals surface area contributed by atoms with Gasteiger partial charge in [-0.05, 0) is 49.7 Å². The number of benzene rings is 2. The van der Waals surface area contributed by atoms with Crippen LogP contribution in [0.15, 0.2) is 48.5 Å². The molecule has 2 aromatic carbocycles. The van der Waals surface area contributed by atoms with Crippen molar-refractivity contribution in [2.24, 2.45) is 5.73 Å². The highest BCUT2D eigenvalue weighted by Gasteiger charge is 2.19. The molecule has 0 unspecified atom stereocenters. The predicted octanol–water partition coefficient (Wildman–Crippen LogP) is 3.39. The lowest BCUT2D eigenvalue weighted by atomic mass is 10.1. The SMILES string of the molecule is CC(C)(CN)NC(=O)c1cccc(OCc2ccc(Cl)cc2)c1. The summed E-state index contributed by atoms with van der Waals surface area (Å²) in [7, 11) is 0. The van der Waals surface area contributed by atoms with Crippen molar-refractivity contribution in [3.05, 3.63) is 64.7 Å². The lowest BCUT2D eigenvalue weighted by Gasteiger charge is -2.24. The second kappa shape index (κ2) is 7.49. The third-order valence-corrected chi connectivity index (χ3v) is 3.63. The molecule has 0 fully saturated rings. The number of ether oxygens (including phenoxy) is 1. The monoisotopic (exact) mass is 332 g/mol. The smallest absolute Gasteiger partial charge is 0.251 e. The lowest BCUT2D eigenvalue weighted by molar-refractivity contribution is 0.0915. The first kappa shape index (κ1) is 17.3. The van der Waals surface area contributed by atoms with Crippen LogP contribution >= 0.6 is 11.6 Å². The molecule has 2 rings (SSSR count). The highest BCUT2D eigenvalue weighted by molar-refractivity contribution is 6.30. The number of nitrogens with two attached hydrogens (primary N) is 1. The Bertz CT molecular complexity index is 669. The van der Waals surface area contributed by atoms with Crippen LogP contribution < -0.4 is 15.8 Å². The maximum atomic E-state index is 12.2. The van der Waals surface area contributed by atoms with E-state index in [1.54, 1.807) is 18.2 Å². The van der Waals surface area contributed by atoms with Crippen molar-refractivity contribution in [1.82, 2.24) is 5.32 Å². The van der Waals surface area contributed by atoms with Gasteiger partial charge in [-0.15, -0.1) is 0 Å². The Hall–Kier alpha value is -2.04. The zero-order chi connectivity index (χ0) is 16.9. The van der Waals surface area contributed by atoms with E-state index in [2.05, 4.69) is 5.32 Å². The predicted molar refractivity (Wildman–Crippen MR) is 92.8 cm³/mol. The Morgan fingerprint density at radius 3 is 2.57 bits per heavy atom. The summed E-state index contributed by atoms with van der Waals surface area (Å²) in [4.78, 5) is 12.2. The van der Waals surface area contributed by atoms with Gasteiger partial charge in [-0.25, -0.2) is 0 Å². The number of rotatable bonds is 6. The number of carbonyl (C=O) groups is 1. The summed E-state index contributed by atoms with van der Waals surface area (Å²) in [5, 5.41) is 3.59. The molecular formula is C18H21ClN2O2. The Labute approximate surface area is 141 Å². The highest BCUT2D eigenvalue weighted by atomic mass is 35.5. The quantitative estimate of drug-likeness (QED) is 0.852. The van der Waals surface area contributed by atoms with Gasteiger partial charge in [-0.1, -0.05) is 29.8 Å². The summed E-state index contributed by atoms with van der Waals surface area (Å²) in [6.07, 6.45) is 0. The van der Waals surface area contributed by atoms with Gasteiger partial charge in [-0.2, -0.15) is 0 Å². The molecule has 0 radical (unpaired) electrons. The molecule has 0 aliphatic rings. The molecule has 0 atom stereocenters. The van der Waals surface area contributed by atoms with Gasteiger partial charge >= 0.3 is 0 Å². The van der Waals surface area contributed by atoms with Gasteiger partial charge in [0.2, 0.25) is 0 Å². The molecule has 3 N–H and O–H groups in total. The second-order valence-electron chi connectivity index (χ2n) is 5.99. The van der Waals surface area contributed by atoms with Crippen LogP contribution in [0.25, 0.3) is 0 Å². The molecule has 122 valence electrons. The van der Waals surface area contributed by atoms with E-state index in [4.69, 9.17) is 22.1 Å².